The normalized spacial score (nSPS) is 36.8. The van der Waals surface area contributed by atoms with Crippen LogP contribution in [-0.2, 0) is 4.74 Å². The minimum Gasteiger partial charge on any atom is -0.377 e. The molecule has 2 saturated carbocycles. The van der Waals surface area contributed by atoms with Crippen molar-refractivity contribution in [3.8, 4) is 0 Å². The lowest BCUT2D eigenvalue weighted by molar-refractivity contribution is -0.182. The Morgan fingerprint density at radius 1 is 1.32 bits per heavy atom. The number of guanidine groups is 1. The number of fused-ring (bicyclic) bond motifs is 1. The predicted molar refractivity (Wildman–Crippen MR) is 87.9 cm³/mol. The highest BCUT2D eigenvalue weighted by atomic mass is 127. The van der Waals surface area contributed by atoms with Gasteiger partial charge in [-0.1, -0.05) is 13.8 Å². The van der Waals surface area contributed by atoms with E-state index < -0.39 is 0 Å². The molecule has 19 heavy (non-hydrogen) atoms. The van der Waals surface area contributed by atoms with Crippen LogP contribution in [0.2, 0.25) is 0 Å². The minimum absolute atomic E-state index is 0. The quantitative estimate of drug-likeness (QED) is 0.455. The third-order valence-electron chi connectivity index (χ3n) is 5.00. The van der Waals surface area contributed by atoms with Gasteiger partial charge in [0.05, 0.1) is 12.1 Å². The molecule has 0 bridgehead atoms. The van der Waals surface area contributed by atoms with E-state index in [0.29, 0.717) is 24.1 Å². The van der Waals surface area contributed by atoms with E-state index in [1.165, 1.54) is 25.7 Å². The van der Waals surface area contributed by atoms with Crippen molar-refractivity contribution in [1.82, 2.24) is 4.90 Å². The monoisotopic (exact) mass is 379 g/mol. The summed E-state index contributed by atoms with van der Waals surface area (Å²) in [5.41, 5.74) is 6.29. The zero-order chi connectivity index (χ0) is 12.9. The summed E-state index contributed by atoms with van der Waals surface area (Å²) in [6.45, 7) is 5.44. The molecule has 3 atom stereocenters. The van der Waals surface area contributed by atoms with Gasteiger partial charge in [0.15, 0.2) is 5.96 Å². The SMILES string of the molecule is CN(C(N)=NC1C2CCCOC2C1(C)C)C1CC1.I. The van der Waals surface area contributed by atoms with Crippen LogP contribution in [0.1, 0.15) is 39.5 Å². The van der Waals surface area contributed by atoms with Crippen LogP contribution in [0.15, 0.2) is 4.99 Å². The summed E-state index contributed by atoms with van der Waals surface area (Å²) in [6.07, 6.45) is 5.31. The first-order valence-corrected chi connectivity index (χ1v) is 7.19. The maximum absolute atomic E-state index is 6.15. The third kappa shape index (κ3) is 2.60. The summed E-state index contributed by atoms with van der Waals surface area (Å²) in [7, 11) is 2.07. The molecule has 1 saturated heterocycles. The van der Waals surface area contributed by atoms with Crippen molar-refractivity contribution in [3.63, 3.8) is 0 Å². The van der Waals surface area contributed by atoms with Gasteiger partial charge in [0.2, 0.25) is 0 Å². The van der Waals surface area contributed by atoms with Gasteiger partial charge in [-0.05, 0) is 25.7 Å². The second kappa shape index (κ2) is 5.39. The second-order valence-corrected chi connectivity index (χ2v) is 6.69. The largest absolute Gasteiger partial charge is 0.377 e. The van der Waals surface area contributed by atoms with E-state index in [2.05, 4.69) is 25.8 Å². The summed E-state index contributed by atoms with van der Waals surface area (Å²) in [6, 6.07) is 0.972. The number of hydrogen-bond donors (Lipinski definition) is 1. The van der Waals surface area contributed by atoms with E-state index in [4.69, 9.17) is 15.5 Å². The van der Waals surface area contributed by atoms with Crippen molar-refractivity contribution in [1.29, 1.82) is 0 Å². The Morgan fingerprint density at radius 3 is 2.63 bits per heavy atom. The van der Waals surface area contributed by atoms with Crippen LogP contribution in [0.5, 0.6) is 0 Å². The molecule has 0 aromatic heterocycles. The molecule has 1 heterocycles. The van der Waals surface area contributed by atoms with E-state index >= 15 is 0 Å². The number of aliphatic imine (C=N–C) groups is 1. The summed E-state index contributed by atoms with van der Waals surface area (Å²) >= 11 is 0. The second-order valence-electron chi connectivity index (χ2n) is 6.69. The van der Waals surface area contributed by atoms with Gasteiger partial charge in [-0.15, -0.1) is 24.0 Å². The molecule has 1 aliphatic heterocycles. The summed E-state index contributed by atoms with van der Waals surface area (Å²) in [4.78, 5) is 6.97. The average Bonchev–Trinajstić information content (AvgIpc) is 3.19. The van der Waals surface area contributed by atoms with Crippen molar-refractivity contribution in [3.05, 3.63) is 0 Å². The highest BCUT2D eigenvalue weighted by Crippen LogP contribution is 2.53. The zero-order valence-corrected chi connectivity index (χ0v) is 14.5. The van der Waals surface area contributed by atoms with Gasteiger partial charge < -0.3 is 15.4 Å². The van der Waals surface area contributed by atoms with Crippen LogP contribution in [0.4, 0.5) is 0 Å². The van der Waals surface area contributed by atoms with Crippen LogP contribution in [0, 0.1) is 11.3 Å². The Balaban J connectivity index is 0.00000133. The van der Waals surface area contributed by atoms with Crippen LogP contribution in [-0.4, -0.2) is 42.7 Å². The molecule has 2 aliphatic carbocycles. The van der Waals surface area contributed by atoms with Crippen molar-refractivity contribution >= 4 is 29.9 Å². The molecule has 4 nitrogen and oxygen atoms in total. The van der Waals surface area contributed by atoms with E-state index in [-0.39, 0.29) is 29.4 Å². The van der Waals surface area contributed by atoms with Gasteiger partial charge in [0.25, 0.3) is 0 Å². The van der Waals surface area contributed by atoms with Gasteiger partial charge in [-0.25, -0.2) is 4.99 Å². The number of rotatable bonds is 2. The number of nitrogens with zero attached hydrogens (tertiary/aromatic N) is 2. The molecule has 0 aromatic carbocycles. The van der Waals surface area contributed by atoms with Gasteiger partial charge in [-0.3, -0.25) is 0 Å². The standard InChI is InChI=1S/C14H25N3O.HI/c1-14(2)11(10-5-4-8-18-12(10)14)16-13(15)17(3)9-6-7-9;/h9-12H,4-8H2,1-3H3,(H2,15,16);1H. The van der Waals surface area contributed by atoms with E-state index in [0.717, 1.165) is 12.6 Å². The predicted octanol–water partition coefficient (Wildman–Crippen LogP) is 2.22. The summed E-state index contributed by atoms with van der Waals surface area (Å²) < 4.78 is 5.90. The Bertz CT molecular complexity index is 368. The van der Waals surface area contributed by atoms with Gasteiger partial charge >= 0.3 is 0 Å². The molecule has 2 N–H and O–H groups in total. The Hall–Kier alpha value is -0.0400. The zero-order valence-electron chi connectivity index (χ0n) is 12.1. The first-order valence-electron chi connectivity index (χ1n) is 7.19. The molecular weight excluding hydrogens is 353 g/mol. The fourth-order valence-corrected chi connectivity index (χ4v) is 3.64. The topological polar surface area (TPSA) is 50.8 Å². The van der Waals surface area contributed by atoms with Crippen molar-refractivity contribution in [2.45, 2.75) is 57.7 Å². The number of halogens is 1. The molecule has 110 valence electrons. The van der Waals surface area contributed by atoms with Crippen LogP contribution < -0.4 is 5.73 Å². The number of nitrogens with two attached hydrogens (primary N) is 1. The maximum atomic E-state index is 6.15. The molecule has 3 unspecified atom stereocenters. The van der Waals surface area contributed by atoms with Crippen LogP contribution in [0.3, 0.4) is 0 Å². The van der Waals surface area contributed by atoms with E-state index in [1.807, 2.05) is 0 Å². The van der Waals surface area contributed by atoms with Crippen molar-refractivity contribution in [2.75, 3.05) is 13.7 Å². The Kier molecular flexibility index (Phi) is 4.35. The third-order valence-corrected chi connectivity index (χ3v) is 5.00. The van der Waals surface area contributed by atoms with Gasteiger partial charge in [0.1, 0.15) is 0 Å². The molecule has 3 aliphatic rings. The molecule has 0 aromatic rings. The van der Waals surface area contributed by atoms with Crippen molar-refractivity contribution in [2.24, 2.45) is 22.1 Å². The lowest BCUT2D eigenvalue weighted by Gasteiger charge is -2.58. The van der Waals surface area contributed by atoms with Gasteiger partial charge in [-0.2, -0.15) is 0 Å². The summed E-state index contributed by atoms with van der Waals surface area (Å²) in [5.74, 6) is 1.31. The molecule has 5 heteroatoms. The van der Waals surface area contributed by atoms with Gasteiger partial charge in [0, 0.05) is 31.0 Å². The molecule has 3 rings (SSSR count). The first-order chi connectivity index (χ1) is 8.51. The maximum Gasteiger partial charge on any atom is 0.191 e. The average molecular weight is 379 g/mol. The molecule has 3 fully saturated rings. The molecular formula is C14H26IN3O. The van der Waals surface area contributed by atoms with E-state index in [1.54, 1.807) is 0 Å². The Labute approximate surface area is 133 Å². The van der Waals surface area contributed by atoms with E-state index in [9.17, 15) is 0 Å². The molecule has 0 spiro atoms. The number of ether oxygens (including phenoxy) is 1. The van der Waals surface area contributed by atoms with Crippen LogP contribution >= 0.6 is 24.0 Å². The van der Waals surface area contributed by atoms with Crippen molar-refractivity contribution < 1.29 is 4.74 Å². The highest BCUT2D eigenvalue weighted by Gasteiger charge is 2.58. The number of hydrogen-bond acceptors (Lipinski definition) is 2. The summed E-state index contributed by atoms with van der Waals surface area (Å²) in [5, 5.41) is 0. The van der Waals surface area contributed by atoms with Crippen LogP contribution in [0.25, 0.3) is 0 Å². The molecule has 0 radical (unpaired) electrons. The smallest absolute Gasteiger partial charge is 0.191 e. The fourth-order valence-electron chi connectivity index (χ4n) is 3.64. The highest BCUT2D eigenvalue weighted by molar-refractivity contribution is 14.0. The lowest BCUT2D eigenvalue weighted by atomic mass is 9.55. The Morgan fingerprint density at radius 2 is 2.00 bits per heavy atom. The molecule has 0 amide bonds. The fraction of sp³-hybridized carbons (Fsp3) is 0.929. The minimum atomic E-state index is 0. The first kappa shape index (κ1) is 15.4. The lowest BCUT2D eigenvalue weighted by Crippen LogP contribution is -2.64.